The van der Waals surface area contributed by atoms with Gasteiger partial charge in [0.25, 0.3) is 0 Å². The Bertz CT molecular complexity index is 672. The van der Waals surface area contributed by atoms with Crippen LogP contribution in [0.25, 0.3) is 0 Å². The third-order valence-corrected chi connectivity index (χ3v) is 5.47. The number of halogens is 1. The zero-order chi connectivity index (χ0) is 17.7. The van der Waals surface area contributed by atoms with Crippen LogP contribution in [0, 0.1) is 11.7 Å². The van der Waals surface area contributed by atoms with Crippen LogP contribution in [0.4, 0.5) is 4.39 Å². The zero-order valence-electron chi connectivity index (χ0n) is 13.9. The Morgan fingerprint density at radius 2 is 1.96 bits per heavy atom. The van der Waals surface area contributed by atoms with Gasteiger partial charge in [-0.15, -0.1) is 0 Å². The maximum absolute atomic E-state index is 13.4. The Kier molecular flexibility index (Phi) is 6.17. The number of carbonyl (C=O) groups is 1. The summed E-state index contributed by atoms with van der Waals surface area (Å²) in [6.45, 7) is 1.29. The van der Waals surface area contributed by atoms with E-state index in [1.54, 1.807) is 24.1 Å². The number of likely N-dealkylation sites (N-methyl/N-ethyl adjacent to an activating group) is 1. The van der Waals surface area contributed by atoms with Gasteiger partial charge >= 0.3 is 0 Å². The first-order valence-electron chi connectivity index (χ1n) is 7.86. The third kappa shape index (κ3) is 4.91. The second-order valence-electron chi connectivity index (χ2n) is 5.97. The van der Waals surface area contributed by atoms with E-state index in [1.807, 2.05) is 0 Å². The van der Waals surface area contributed by atoms with Gasteiger partial charge in [-0.25, -0.2) is 17.1 Å². The molecule has 6 nitrogen and oxygen atoms in total. The Morgan fingerprint density at radius 3 is 2.54 bits per heavy atom. The lowest BCUT2D eigenvalue weighted by Gasteiger charge is -2.31. The van der Waals surface area contributed by atoms with E-state index in [-0.39, 0.29) is 24.2 Å². The number of ether oxygens (including phenoxy) is 1. The highest BCUT2D eigenvalue weighted by molar-refractivity contribution is 7.88. The fourth-order valence-corrected chi connectivity index (χ4v) is 3.58. The average molecular weight is 358 g/mol. The van der Waals surface area contributed by atoms with E-state index in [0.29, 0.717) is 32.5 Å². The quantitative estimate of drug-likeness (QED) is 0.770. The second-order valence-corrected chi connectivity index (χ2v) is 7.96. The van der Waals surface area contributed by atoms with Crippen LogP contribution in [0.3, 0.4) is 0 Å². The molecule has 0 aliphatic carbocycles. The standard InChI is InChI=1S/C16H23FN2O4S/c1-18(11-12-23-15-6-4-3-5-14(15)17)16(20)13-7-9-19(10-8-13)24(2,21)22/h3-6,13H,7-12H2,1-2H3. The smallest absolute Gasteiger partial charge is 0.225 e. The monoisotopic (exact) mass is 358 g/mol. The highest BCUT2D eigenvalue weighted by Gasteiger charge is 2.30. The average Bonchev–Trinajstić information content (AvgIpc) is 2.55. The van der Waals surface area contributed by atoms with Gasteiger partial charge < -0.3 is 9.64 Å². The summed E-state index contributed by atoms with van der Waals surface area (Å²) in [5.41, 5.74) is 0. The molecule has 0 saturated carbocycles. The molecule has 1 saturated heterocycles. The number of hydrogen-bond acceptors (Lipinski definition) is 4. The summed E-state index contributed by atoms with van der Waals surface area (Å²) in [6, 6.07) is 6.13. The van der Waals surface area contributed by atoms with Gasteiger partial charge in [-0.1, -0.05) is 12.1 Å². The summed E-state index contributed by atoms with van der Waals surface area (Å²) >= 11 is 0. The lowest BCUT2D eigenvalue weighted by molar-refractivity contribution is -0.135. The molecule has 1 aromatic rings. The molecule has 0 unspecified atom stereocenters. The topological polar surface area (TPSA) is 66.9 Å². The van der Waals surface area contributed by atoms with Crippen molar-refractivity contribution in [3.05, 3.63) is 30.1 Å². The van der Waals surface area contributed by atoms with Crippen molar-refractivity contribution in [3.63, 3.8) is 0 Å². The van der Waals surface area contributed by atoms with Crippen LogP contribution >= 0.6 is 0 Å². The van der Waals surface area contributed by atoms with Crippen LogP contribution < -0.4 is 4.74 Å². The van der Waals surface area contributed by atoms with Crippen LogP contribution in [0.1, 0.15) is 12.8 Å². The summed E-state index contributed by atoms with van der Waals surface area (Å²) in [6.07, 6.45) is 2.22. The molecule has 1 fully saturated rings. The molecule has 0 spiro atoms. The number of nitrogens with zero attached hydrogens (tertiary/aromatic N) is 2. The van der Waals surface area contributed by atoms with E-state index in [2.05, 4.69) is 0 Å². The van der Waals surface area contributed by atoms with Crippen molar-refractivity contribution >= 4 is 15.9 Å². The Morgan fingerprint density at radius 1 is 1.33 bits per heavy atom. The van der Waals surface area contributed by atoms with Gasteiger partial charge in [0, 0.05) is 26.1 Å². The first-order valence-corrected chi connectivity index (χ1v) is 9.71. The molecule has 1 amide bonds. The highest BCUT2D eigenvalue weighted by Crippen LogP contribution is 2.21. The zero-order valence-corrected chi connectivity index (χ0v) is 14.8. The summed E-state index contributed by atoms with van der Waals surface area (Å²) < 4.78 is 43.2. The van der Waals surface area contributed by atoms with E-state index in [0.717, 1.165) is 0 Å². The molecule has 0 aromatic heterocycles. The molecule has 1 aliphatic heterocycles. The van der Waals surface area contributed by atoms with Crippen LogP contribution in [-0.2, 0) is 14.8 Å². The predicted molar refractivity (Wildman–Crippen MR) is 88.7 cm³/mol. The van der Waals surface area contributed by atoms with Crippen molar-refractivity contribution in [2.24, 2.45) is 5.92 Å². The van der Waals surface area contributed by atoms with Crippen LogP contribution in [0.15, 0.2) is 24.3 Å². The van der Waals surface area contributed by atoms with Crippen molar-refractivity contribution in [3.8, 4) is 5.75 Å². The number of hydrogen-bond donors (Lipinski definition) is 0. The Hall–Kier alpha value is -1.67. The number of piperidine rings is 1. The van der Waals surface area contributed by atoms with Gasteiger partial charge in [0.05, 0.1) is 12.8 Å². The van der Waals surface area contributed by atoms with E-state index < -0.39 is 15.8 Å². The normalized spacial score (nSPS) is 16.8. The highest BCUT2D eigenvalue weighted by atomic mass is 32.2. The number of carbonyl (C=O) groups excluding carboxylic acids is 1. The van der Waals surface area contributed by atoms with E-state index in [9.17, 15) is 17.6 Å². The number of rotatable bonds is 6. The lowest BCUT2D eigenvalue weighted by Crippen LogP contribution is -2.43. The number of para-hydroxylation sites is 1. The van der Waals surface area contributed by atoms with E-state index in [4.69, 9.17) is 4.74 Å². The molecule has 24 heavy (non-hydrogen) atoms. The van der Waals surface area contributed by atoms with Gasteiger partial charge in [0.15, 0.2) is 11.6 Å². The van der Waals surface area contributed by atoms with Crippen molar-refractivity contribution in [2.45, 2.75) is 12.8 Å². The van der Waals surface area contributed by atoms with Crippen LogP contribution in [-0.4, -0.2) is 63.1 Å². The van der Waals surface area contributed by atoms with Crippen molar-refractivity contribution in [1.82, 2.24) is 9.21 Å². The maximum Gasteiger partial charge on any atom is 0.225 e. The number of sulfonamides is 1. The predicted octanol–water partition coefficient (Wildman–Crippen LogP) is 1.33. The molecule has 1 heterocycles. The first kappa shape index (κ1) is 18.7. The minimum Gasteiger partial charge on any atom is -0.489 e. The van der Waals surface area contributed by atoms with Crippen molar-refractivity contribution in [2.75, 3.05) is 39.5 Å². The van der Waals surface area contributed by atoms with Crippen LogP contribution in [0.2, 0.25) is 0 Å². The van der Waals surface area contributed by atoms with Gasteiger partial charge in [-0.05, 0) is 25.0 Å². The first-order chi connectivity index (χ1) is 11.3. The van der Waals surface area contributed by atoms with E-state index in [1.165, 1.54) is 22.7 Å². The molecule has 134 valence electrons. The van der Waals surface area contributed by atoms with Crippen molar-refractivity contribution < 1.29 is 22.3 Å². The van der Waals surface area contributed by atoms with Crippen molar-refractivity contribution in [1.29, 1.82) is 0 Å². The molecule has 2 rings (SSSR count). The number of amides is 1. The Balaban J connectivity index is 1.78. The largest absolute Gasteiger partial charge is 0.489 e. The molecule has 0 atom stereocenters. The van der Waals surface area contributed by atoms with Crippen LogP contribution in [0.5, 0.6) is 5.75 Å². The molecule has 8 heteroatoms. The molecule has 1 aromatic carbocycles. The molecular formula is C16H23FN2O4S. The van der Waals surface area contributed by atoms with Gasteiger partial charge in [-0.2, -0.15) is 0 Å². The SMILES string of the molecule is CN(CCOc1ccccc1F)C(=O)C1CCN(S(C)(=O)=O)CC1. The minimum atomic E-state index is -3.19. The Labute approximate surface area is 142 Å². The molecule has 1 aliphatic rings. The van der Waals surface area contributed by atoms with Gasteiger partial charge in [0.1, 0.15) is 6.61 Å². The fraction of sp³-hybridized carbons (Fsp3) is 0.562. The fourth-order valence-electron chi connectivity index (χ4n) is 2.71. The lowest BCUT2D eigenvalue weighted by atomic mass is 9.97. The summed E-state index contributed by atoms with van der Waals surface area (Å²) in [4.78, 5) is 13.9. The number of benzene rings is 1. The minimum absolute atomic E-state index is 0.0275. The van der Waals surface area contributed by atoms with Gasteiger partial charge in [-0.3, -0.25) is 4.79 Å². The van der Waals surface area contributed by atoms with Gasteiger partial charge in [0.2, 0.25) is 15.9 Å². The summed E-state index contributed by atoms with van der Waals surface area (Å²) in [7, 11) is -1.51. The molecular weight excluding hydrogens is 335 g/mol. The second kappa shape index (κ2) is 7.94. The summed E-state index contributed by atoms with van der Waals surface area (Å²) in [5, 5.41) is 0. The molecule has 0 radical (unpaired) electrons. The molecule has 0 N–H and O–H groups in total. The van der Waals surface area contributed by atoms with E-state index >= 15 is 0 Å². The summed E-state index contributed by atoms with van der Waals surface area (Å²) in [5.74, 6) is -0.471. The third-order valence-electron chi connectivity index (χ3n) is 4.17. The molecule has 0 bridgehead atoms. The maximum atomic E-state index is 13.4.